The number of fused-ring (bicyclic) bond motifs is 5. The summed E-state index contributed by atoms with van der Waals surface area (Å²) < 4.78 is 2.00. The van der Waals surface area contributed by atoms with Gasteiger partial charge in [0.2, 0.25) is 0 Å². The molecule has 0 saturated carbocycles. The van der Waals surface area contributed by atoms with Gasteiger partial charge in [-0.15, -0.1) is 0 Å². The minimum Gasteiger partial charge on any atom is -0.478 e. The first kappa shape index (κ1) is 17.9. The van der Waals surface area contributed by atoms with E-state index in [1.54, 1.807) is 24.5 Å². The van der Waals surface area contributed by atoms with E-state index in [-0.39, 0.29) is 5.56 Å². The predicted octanol–water partition coefficient (Wildman–Crippen LogP) is 4.54. The lowest BCUT2D eigenvalue weighted by atomic mass is 10.1. The fourth-order valence-electron chi connectivity index (χ4n) is 3.70. The van der Waals surface area contributed by atoms with Gasteiger partial charge in [0.25, 0.3) is 0 Å². The molecule has 2 aromatic carbocycles. The minimum atomic E-state index is -0.949. The number of carboxylic acids is 1. The SMILES string of the molecule is CN(C)c1cccc(Nc2nc3cc4cc(C(=O)O)ccc4n3c3cnccc23)c1. The van der Waals surface area contributed by atoms with Crippen LogP contribution in [-0.4, -0.2) is 39.5 Å². The summed E-state index contributed by atoms with van der Waals surface area (Å²) in [7, 11) is 4.00. The molecular weight excluding hydrogens is 378 g/mol. The molecule has 0 atom stereocenters. The van der Waals surface area contributed by atoms with E-state index in [2.05, 4.69) is 16.4 Å². The number of pyridine rings is 1. The minimum absolute atomic E-state index is 0.250. The summed E-state index contributed by atoms with van der Waals surface area (Å²) in [6, 6.07) is 17.0. The van der Waals surface area contributed by atoms with Gasteiger partial charge in [0.15, 0.2) is 0 Å². The number of aromatic carboxylic acids is 1. The van der Waals surface area contributed by atoms with Gasteiger partial charge in [-0.25, -0.2) is 9.78 Å². The zero-order valence-corrected chi connectivity index (χ0v) is 16.5. The van der Waals surface area contributed by atoms with E-state index in [9.17, 15) is 9.90 Å². The van der Waals surface area contributed by atoms with Gasteiger partial charge in [0, 0.05) is 42.4 Å². The van der Waals surface area contributed by atoms with Crippen LogP contribution in [0.5, 0.6) is 0 Å². The molecule has 0 aliphatic heterocycles. The average molecular weight is 397 g/mol. The number of carbonyl (C=O) groups is 1. The van der Waals surface area contributed by atoms with Crippen LogP contribution in [0.4, 0.5) is 17.2 Å². The molecule has 0 unspecified atom stereocenters. The average Bonchev–Trinajstić information content (AvgIpc) is 3.11. The first-order valence-corrected chi connectivity index (χ1v) is 9.48. The van der Waals surface area contributed by atoms with E-state index in [0.29, 0.717) is 0 Å². The highest BCUT2D eigenvalue weighted by molar-refractivity contribution is 6.00. The Kier molecular flexibility index (Phi) is 4.03. The summed E-state index contributed by atoms with van der Waals surface area (Å²) in [4.78, 5) is 22.6. The molecule has 0 bridgehead atoms. The normalized spacial score (nSPS) is 11.3. The van der Waals surface area contributed by atoms with Crippen LogP contribution < -0.4 is 10.2 Å². The molecule has 148 valence electrons. The Morgan fingerprint density at radius 3 is 2.73 bits per heavy atom. The monoisotopic (exact) mass is 397 g/mol. The number of nitrogens with zero attached hydrogens (tertiary/aromatic N) is 4. The van der Waals surface area contributed by atoms with Gasteiger partial charge < -0.3 is 15.3 Å². The van der Waals surface area contributed by atoms with Crippen LogP contribution in [0.15, 0.2) is 67.0 Å². The number of benzene rings is 2. The van der Waals surface area contributed by atoms with Crippen molar-refractivity contribution in [3.8, 4) is 0 Å². The van der Waals surface area contributed by atoms with Crippen LogP contribution in [0, 0.1) is 0 Å². The first-order chi connectivity index (χ1) is 14.5. The van der Waals surface area contributed by atoms with Crippen molar-refractivity contribution in [2.75, 3.05) is 24.3 Å². The molecule has 0 amide bonds. The first-order valence-electron chi connectivity index (χ1n) is 9.48. The van der Waals surface area contributed by atoms with Crippen molar-refractivity contribution >= 4 is 50.6 Å². The van der Waals surface area contributed by atoms with Gasteiger partial charge in [-0.2, -0.15) is 0 Å². The molecule has 5 rings (SSSR count). The maximum atomic E-state index is 11.4. The summed E-state index contributed by atoms with van der Waals surface area (Å²) in [5.74, 6) is -0.230. The van der Waals surface area contributed by atoms with Gasteiger partial charge in [0.05, 0.1) is 22.8 Å². The quantitative estimate of drug-likeness (QED) is 0.463. The van der Waals surface area contributed by atoms with Crippen LogP contribution in [-0.2, 0) is 0 Å². The second-order valence-electron chi connectivity index (χ2n) is 7.34. The molecule has 0 radical (unpaired) electrons. The number of carboxylic acid groups (broad SMARTS) is 1. The molecule has 0 fully saturated rings. The molecular formula is C23H19N5O2. The topological polar surface area (TPSA) is 82.8 Å². The van der Waals surface area contributed by atoms with E-state index in [0.717, 1.165) is 44.6 Å². The fraction of sp³-hybridized carbons (Fsp3) is 0.0870. The van der Waals surface area contributed by atoms with E-state index in [4.69, 9.17) is 4.98 Å². The molecule has 5 aromatic rings. The Labute approximate surface area is 172 Å². The van der Waals surface area contributed by atoms with Crippen molar-refractivity contribution < 1.29 is 9.90 Å². The van der Waals surface area contributed by atoms with Gasteiger partial charge in [-0.1, -0.05) is 6.07 Å². The Balaban J connectivity index is 1.73. The van der Waals surface area contributed by atoms with E-state index in [1.807, 2.05) is 59.8 Å². The molecule has 0 saturated heterocycles. The number of rotatable bonds is 4. The molecule has 3 aromatic heterocycles. The summed E-state index contributed by atoms with van der Waals surface area (Å²) in [5, 5.41) is 14.5. The van der Waals surface area contributed by atoms with E-state index in [1.165, 1.54) is 0 Å². The van der Waals surface area contributed by atoms with Crippen molar-refractivity contribution in [1.82, 2.24) is 14.4 Å². The van der Waals surface area contributed by atoms with Crippen molar-refractivity contribution in [1.29, 1.82) is 0 Å². The number of hydrogen-bond acceptors (Lipinski definition) is 5. The second kappa shape index (κ2) is 6.73. The number of nitrogens with one attached hydrogen (secondary N) is 1. The smallest absolute Gasteiger partial charge is 0.335 e. The number of hydrogen-bond donors (Lipinski definition) is 2. The van der Waals surface area contributed by atoms with Crippen LogP contribution in [0.1, 0.15) is 10.4 Å². The maximum Gasteiger partial charge on any atom is 0.335 e. The highest BCUT2D eigenvalue weighted by atomic mass is 16.4. The van der Waals surface area contributed by atoms with E-state index < -0.39 is 5.97 Å². The Morgan fingerprint density at radius 2 is 1.93 bits per heavy atom. The Morgan fingerprint density at radius 1 is 1.07 bits per heavy atom. The zero-order chi connectivity index (χ0) is 20.8. The van der Waals surface area contributed by atoms with Crippen molar-refractivity contribution in [2.45, 2.75) is 0 Å². The maximum absolute atomic E-state index is 11.4. The lowest BCUT2D eigenvalue weighted by Gasteiger charge is -2.15. The standard InChI is InChI=1S/C23H19N5O2/c1-27(2)17-5-3-4-16(12-17)25-22-18-8-9-24-13-20(18)28-19-7-6-14(23(29)30)10-15(19)11-21(28)26-22/h3-13H,1-2H3,(H,25,26)(H,29,30). The van der Waals surface area contributed by atoms with Crippen LogP contribution in [0.2, 0.25) is 0 Å². The summed E-state index contributed by atoms with van der Waals surface area (Å²) in [6.45, 7) is 0. The molecule has 7 nitrogen and oxygen atoms in total. The molecule has 0 aliphatic carbocycles. The lowest BCUT2D eigenvalue weighted by Crippen LogP contribution is -2.08. The zero-order valence-electron chi connectivity index (χ0n) is 16.5. The summed E-state index contributed by atoms with van der Waals surface area (Å²) in [5.41, 5.74) is 4.77. The third kappa shape index (κ3) is 2.88. The summed E-state index contributed by atoms with van der Waals surface area (Å²) in [6.07, 6.45) is 3.54. The second-order valence-corrected chi connectivity index (χ2v) is 7.34. The van der Waals surface area contributed by atoms with E-state index >= 15 is 0 Å². The van der Waals surface area contributed by atoms with Crippen LogP contribution in [0.25, 0.3) is 27.5 Å². The Bertz CT molecular complexity index is 1440. The number of aromatic nitrogens is 3. The van der Waals surface area contributed by atoms with Gasteiger partial charge >= 0.3 is 5.97 Å². The highest BCUT2D eigenvalue weighted by Gasteiger charge is 2.14. The molecule has 0 aliphatic rings. The fourth-order valence-corrected chi connectivity index (χ4v) is 3.70. The van der Waals surface area contributed by atoms with Crippen LogP contribution >= 0.6 is 0 Å². The highest BCUT2D eigenvalue weighted by Crippen LogP contribution is 2.31. The molecule has 7 heteroatoms. The molecule has 30 heavy (non-hydrogen) atoms. The summed E-state index contributed by atoms with van der Waals surface area (Å²) >= 11 is 0. The van der Waals surface area contributed by atoms with Gasteiger partial charge in [0.1, 0.15) is 11.5 Å². The third-order valence-corrected chi connectivity index (χ3v) is 5.18. The largest absolute Gasteiger partial charge is 0.478 e. The molecule has 0 spiro atoms. The third-order valence-electron chi connectivity index (χ3n) is 5.18. The Hall–Kier alpha value is -4.13. The van der Waals surface area contributed by atoms with Crippen molar-refractivity contribution in [3.05, 3.63) is 72.6 Å². The molecule has 3 heterocycles. The van der Waals surface area contributed by atoms with Crippen molar-refractivity contribution in [3.63, 3.8) is 0 Å². The van der Waals surface area contributed by atoms with Gasteiger partial charge in [-0.05, 0) is 48.5 Å². The predicted molar refractivity (Wildman–Crippen MR) is 119 cm³/mol. The number of anilines is 3. The van der Waals surface area contributed by atoms with Crippen molar-refractivity contribution in [2.24, 2.45) is 0 Å². The van der Waals surface area contributed by atoms with Crippen LogP contribution in [0.3, 0.4) is 0 Å². The van der Waals surface area contributed by atoms with Gasteiger partial charge in [-0.3, -0.25) is 9.38 Å². The molecule has 2 N–H and O–H groups in total. The lowest BCUT2D eigenvalue weighted by molar-refractivity contribution is 0.0697.